The molecule has 4 rings (SSSR count). The van der Waals surface area contributed by atoms with Crippen LogP contribution in [0.4, 0.5) is 4.39 Å². The summed E-state index contributed by atoms with van der Waals surface area (Å²) in [6.07, 6.45) is 2.05. The van der Waals surface area contributed by atoms with Gasteiger partial charge in [0.25, 0.3) is 5.91 Å². The third-order valence-corrected chi connectivity index (χ3v) is 7.24. The lowest BCUT2D eigenvalue weighted by molar-refractivity contribution is -0.127. The Labute approximate surface area is 229 Å². The third-order valence-electron chi connectivity index (χ3n) is 7.24. The Kier molecular flexibility index (Phi) is 10.1. The van der Waals surface area contributed by atoms with Gasteiger partial charge in [-0.05, 0) is 60.7 Å². The lowest BCUT2D eigenvalue weighted by Gasteiger charge is -2.43. The average Bonchev–Trinajstić information content (AvgIpc) is 2.98. The Balaban J connectivity index is 1.57. The maximum Gasteiger partial charge on any atom is 0.254 e. The van der Waals surface area contributed by atoms with Gasteiger partial charge in [-0.2, -0.15) is 0 Å². The first-order valence-corrected chi connectivity index (χ1v) is 13.4. The molecular weight excluding hydrogens is 495 g/mol. The van der Waals surface area contributed by atoms with Gasteiger partial charge in [-0.3, -0.25) is 14.5 Å². The van der Waals surface area contributed by atoms with Crippen LogP contribution in [0, 0.1) is 5.82 Å². The number of amides is 2. The molecule has 0 bridgehead atoms. The lowest BCUT2D eigenvalue weighted by Crippen LogP contribution is -2.57. The number of hydrogen-bond acceptors (Lipinski definition) is 5. The molecule has 2 amide bonds. The minimum absolute atomic E-state index is 0.0572. The number of carbonyl (C=O) groups excluding carboxylic acids is 2. The summed E-state index contributed by atoms with van der Waals surface area (Å²) in [5.41, 5.74) is 8.36. The number of methoxy groups -OCH3 is 1. The van der Waals surface area contributed by atoms with Crippen molar-refractivity contribution < 1.29 is 18.7 Å². The van der Waals surface area contributed by atoms with E-state index in [4.69, 9.17) is 10.5 Å². The number of rotatable bonds is 11. The van der Waals surface area contributed by atoms with Crippen LogP contribution >= 0.6 is 0 Å². The highest BCUT2D eigenvalue weighted by Gasteiger charge is 2.38. The van der Waals surface area contributed by atoms with E-state index in [0.717, 1.165) is 18.5 Å². The molecule has 0 spiro atoms. The summed E-state index contributed by atoms with van der Waals surface area (Å²) >= 11 is 0. The molecule has 0 aliphatic carbocycles. The summed E-state index contributed by atoms with van der Waals surface area (Å²) in [7, 11) is 1.56. The fourth-order valence-corrected chi connectivity index (χ4v) is 5.14. The van der Waals surface area contributed by atoms with Gasteiger partial charge >= 0.3 is 0 Å². The van der Waals surface area contributed by atoms with Crippen LogP contribution in [0.25, 0.3) is 0 Å². The maximum absolute atomic E-state index is 13.6. The number of likely N-dealkylation sites (tertiary alicyclic amines) is 1. The molecule has 8 heteroatoms. The first kappa shape index (κ1) is 28.3. The molecule has 39 heavy (non-hydrogen) atoms. The summed E-state index contributed by atoms with van der Waals surface area (Å²) in [6, 6.07) is 23.2. The van der Waals surface area contributed by atoms with Crippen LogP contribution in [0.5, 0.6) is 5.75 Å². The minimum Gasteiger partial charge on any atom is -0.497 e. The topological polar surface area (TPSA) is 87.9 Å². The molecule has 2 atom stereocenters. The van der Waals surface area contributed by atoms with Crippen LogP contribution in [0.15, 0.2) is 78.9 Å². The predicted molar refractivity (Wildman–Crippen MR) is 150 cm³/mol. The summed E-state index contributed by atoms with van der Waals surface area (Å²) in [5, 5.41) is 2.89. The smallest absolute Gasteiger partial charge is 0.254 e. The van der Waals surface area contributed by atoms with Crippen LogP contribution in [0.1, 0.15) is 34.3 Å². The minimum atomic E-state index is -0.638. The van der Waals surface area contributed by atoms with Crippen molar-refractivity contribution in [2.45, 2.75) is 37.9 Å². The Morgan fingerprint density at radius 1 is 1.05 bits per heavy atom. The Hall–Kier alpha value is -3.75. The Morgan fingerprint density at radius 2 is 1.82 bits per heavy atom. The van der Waals surface area contributed by atoms with Crippen molar-refractivity contribution in [1.82, 2.24) is 15.1 Å². The quantitative estimate of drug-likeness (QED) is 0.394. The van der Waals surface area contributed by atoms with E-state index in [0.29, 0.717) is 50.3 Å². The molecule has 3 aromatic carbocycles. The number of nitrogens with zero attached hydrogens (tertiary/aromatic N) is 2. The van der Waals surface area contributed by atoms with Crippen LogP contribution in [0.3, 0.4) is 0 Å². The van der Waals surface area contributed by atoms with Gasteiger partial charge in [0.2, 0.25) is 5.91 Å². The van der Waals surface area contributed by atoms with E-state index >= 15 is 0 Å². The van der Waals surface area contributed by atoms with E-state index in [2.05, 4.69) is 22.3 Å². The number of nitrogens with two attached hydrogens (primary N) is 1. The number of piperidine rings is 1. The number of benzene rings is 3. The SMILES string of the molecule is COc1cccc(C(=O)N2CCC(N(CCc3ccccc3)Cc3ccc(F)cc3)C[C@@H]2C(=O)NCCN)c1. The van der Waals surface area contributed by atoms with Gasteiger partial charge < -0.3 is 20.7 Å². The van der Waals surface area contributed by atoms with Crippen molar-refractivity contribution in [3.05, 3.63) is 101 Å². The lowest BCUT2D eigenvalue weighted by atomic mass is 9.93. The van der Waals surface area contributed by atoms with E-state index < -0.39 is 6.04 Å². The molecule has 0 saturated carbocycles. The van der Waals surface area contributed by atoms with Crippen LogP contribution < -0.4 is 15.8 Å². The fourth-order valence-electron chi connectivity index (χ4n) is 5.14. The maximum atomic E-state index is 13.6. The molecule has 1 fully saturated rings. The van der Waals surface area contributed by atoms with Crippen LogP contribution in [0.2, 0.25) is 0 Å². The number of nitrogens with one attached hydrogen (secondary N) is 1. The van der Waals surface area contributed by atoms with Gasteiger partial charge in [0.15, 0.2) is 0 Å². The number of halogens is 1. The molecule has 7 nitrogen and oxygen atoms in total. The third kappa shape index (κ3) is 7.65. The number of hydrogen-bond donors (Lipinski definition) is 2. The van der Waals surface area contributed by atoms with Crippen LogP contribution in [-0.2, 0) is 17.8 Å². The zero-order valence-electron chi connectivity index (χ0n) is 22.4. The standard InChI is InChI=1S/C31H37FN4O3/c1-39-28-9-5-8-25(20-28)31(38)36-19-15-27(21-29(36)30(37)34-17-16-33)35(18-14-23-6-3-2-4-7-23)22-24-10-12-26(32)13-11-24/h2-13,20,27,29H,14-19,21-22,33H2,1H3,(H,34,37)/t27?,29-/m1/s1. The molecule has 206 valence electrons. The highest BCUT2D eigenvalue weighted by molar-refractivity contribution is 5.98. The summed E-state index contributed by atoms with van der Waals surface area (Å²) in [4.78, 5) is 30.9. The van der Waals surface area contributed by atoms with Crippen molar-refractivity contribution >= 4 is 11.8 Å². The molecule has 1 aliphatic rings. The number of ether oxygens (including phenoxy) is 1. The highest BCUT2D eigenvalue weighted by atomic mass is 19.1. The summed E-state index contributed by atoms with van der Waals surface area (Å²) < 4.78 is 18.9. The average molecular weight is 533 g/mol. The molecular formula is C31H37FN4O3. The van der Waals surface area contributed by atoms with E-state index in [-0.39, 0.29) is 23.7 Å². The summed E-state index contributed by atoms with van der Waals surface area (Å²) in [5.74, 6) is -0.0809. The molecule has 0 radical (unpaired) electrons. The monoisotopic (exact) mass is 532 g/mol. The molecule has 1 saturated heterocycles. The molecule has 1 unspecified atom stereocenters. The fraction of sp³-hybridized carbons (Fsp3) is 0.355. The Bertz CT molecular complexity index is 1220. The van der Waals surface area contributed by atoms with E-state index in [1.54, 1.807) is 48.4 Å². The normalized spacial score (nSPS) is 17.2. The van der Waals surface area contributed by atoms with Gasteiger partial charge in [-0.25, -0.2) is 4.39 Å². The van der Waals surface area contributed by atoms with Crippen molar-refractivity contribution in [3.8, 4) is 5.75 Å². The van der Waals surface area contributed by atoms with Crippen LogP contribution in [-0.4, -0.2) is 67.0 Å². The van der Waals surface area contributed by atoms with Crippen molar-refractivity contribution in [2.75, 3.05) is 33.3 Å². The van der Waals surface area contributed by atoms with E-state index in [1.165, 1.54) is 17.7 Å². The first-order valence-electron chi connectivity index (χ1n) is 13.4. The molecule has 3 N–H and O–H groups in total. The second-order valence-electron chi connectivity index (χ2n) is 9.84. The van der Waals surface area contributed by atoms with Gasteiger partial charge in [0.05, 0.1) is 7.11 Å². The van der Waals surface area contributed by atoms with E-state index in [1.807, 2.05) is 18.2 Å². The van der Waals surface area contributed by atoms with Gasteiger partial charge in [0.1, 0.15) is 17.6 Å². The molecule has 0 aromatic heterocycles. The molecule has 1 heterocycles. The van der Waals surface area contributed by atoms with Gasteiger partial charge in [-0.15, -0.1) is 0 Å². The molecule has 1 aliphatic heterocycles. The predicted octanol–water partition coefficient (Wildman–Crippen LogP) is 3.63. The first-order chi connectivity index (χ1) is 19.0. The van der Waals surface area contributed by atoms with Crippen molar-refractivity contribution in [2.24, 2.45) is 5.73 Å². The zero-order chi connectivity index (χ0) is 27.6. The summed E-state index contributed by atoms with van der Waals surface area (Å²) in [6.45, 7) is 2.49. The van der Waals surface area contributed by atoms with Crippen molar-refractivity contribution in [3.63, 3.8) is 0 Å². The van der Waals surface area contributed by atoms with Gasteiger partial charge in [0, 0.05) is 44.3 Å². The number of carbonyl (C=O) groups is 2. The zero-order valence-corrected chi connectivity index (χ0v) is 22.4. The second-order valence-corrected chi connectivity index (χ2v) is 9.84. The van der Waals surface area contributed by atoms with E-state index in [9.17, 15) is 14.0 Å². The van der Waals surface area contributed by atoms with Gasteiger partial charge in [-0.1, -0.05) is 48.5 Å². The molecule has 3 aromatic rings. The Morgan fingerprint density at radius 3 is 2.54 bits per heavy atom. The second kappa shape index (κ2) is 13.9. The highest BCUT2D eigenvalue weighted by Crippen LogP contribution is 2.27. The largest absolute Gasteiger partial charge is 0.497 e. The van der Waals surface area contributed by atoms with Crippen molar-refractivity contribution in [1.29, 1.82) is 0 Å².